The van der Waals surface area contributed by atoms with E-state index in [4.69, 9.17) is 11.6 Å². The van der Waals surface area contributed by atoms with Crippen LogP contribution in [0, 0.1) is 0 Å². The lowest BCUT2D eigenvalue weighted by molar-refractivity contribution is 0.481. The van der Waals surface area contributed by atoms with Crippen molar-refractivity contribution in [2.75, 3.05) is 0 Å². The number of fused-ring (bicyclic) bond motifs is 1. The number of hydrogen-bond acceptors (Lipinski definition) is 1. The molecule has 0 saturated heterocycles. The Hall–Kier alpha value is -1.99. The number of aromatic hydroxyl groups is 1. The SMILES string of the molecule is Oc1ccc(-c2cccc(Cl)c2)c2ccccc12. The van der Waals surface area contributed by atoms with Gasteiger partial charge in [-0.15, -0.1) is 0 Å². The van der Waals surface area contributed by atoms with Crippen LogP contribution < -0.4 is 0 Å². The summed E-state index contributed by atoms with van der Waals surface area (Å²) in [4.78, 5) is 0. The molecule has 18 heavy (non-hydrogen) atoms. The molecule has 1 N–H and O–H groups in total. The highest BCUT2D eigenvalue weighted by Crippen LogP contribution is 2.34. The van der Waals surface area contributed by atoms with Gasteiger partial charge in [0.1, 0.15) is 5.75 Å². The Morgan fingerprint density at radius 2 is 1.56 bits per heavy atom. The van der Waals surface area contributed by atoms with Gasteiger partial charge in [-0.1, -0.05) is 54.1 Å². The van der Waals surface area contributed by atoms with E-state index >= 15 is 0 Å². The Balaban J connectivity index is 2.33. The molecule has 0 atom stereocenters. The van der Waals surface area contributed by atoms with Gasteiger partial charge in [0.15, 0.2) is 0 Å². The molecule has 0 radical (unpaired) electrons. The van der Waals surface area contributed by atoms with E-state index in [1.807, 2.05) is 54.6 Å². The van der Waals surface area contributed by atoms with Crippen LogP contribution in [0.3, 0.4) is 0 Å². The lowest BCUT2D eigenvalue weighted by Crippen LogP contribution is -1.82. The summed E-state index contributed by atoms with van der Waals surface area (Å²) in [7, 11) is 0. The maximum atomic E-state index is 9.87. The number of phenolic OH excluding ortho intramolecular Hbond substituents is 1. The fraction of sp³-hybridized carbons (Fsp3) is 0. The largest absolute Gasteiger partial charge is 0.507 e. The second-order valence-corrected chi connectivity index (χ2v) is 4.62. The third-order valence-electron chi connectivity index (χ3n) is 3.04. The fourth-order valence-corrected chi connectivity index (χ4v) is 2.38. The first-order valence-electron chi connectivity index (χ1n) is 5.72. The van der Waals surface area contributed by atoms with E-state index in [0.29, 0.717) is 10.8 Å². The molecule has 1 nitrogen and oxygen atoms in total. The van der Waals surface area contributed by atoms with Gasteiger partial charge in [0.2, 0.25) is 0 Å². The summed E-state index contributed by atoms with van der Waals surface area (Å²) in [5.74, 6) is 0.302. The molecule has 0 saturated carbocycles. The van der Waals surface area contributed by atoms with Crippen LogP contribution in [0.15, 0.2) is 60.7 Å². The lowest BCUT2D eigenvalue weighted by Gasteiger charge is -2.08. The Morgan fingerprint density at radius 3 is 2.33 bits per heavy atom. The predicted octanol–water partition coefficient (Wildman–Crippen LogP) is 4.87. The van der Waals surface area contributed by atoms with Crippen LogP contribution in [0.5, 0.6) is 5.75 Å². The van der Waals surface area contributed by atoms with Gasteiger partial charge < -0.3 is 5.11 Å². The van der Waals surface area contributed by atoms with E-state index in [0.717, 1.165) is 21.9 Å². The Labute approximate surface area is 110 Å². The zero-order chi connectivity index (χ0) is 12.5. The molecule has 0 heterocycles. The highest BCUT2D eigenvalue weighted by atomic mass is 35.5. The molecule has 0 amide bonds. The average Bonchev–Trinajstić information content (AvgIpc) is 2.39. The van der Waals surface area contributed by atoms with E-state index in [-0.39, 0.29) is 0 Å². The first kappa shape index (κ1) is 11.1. The Bertz CT molecular complexity index is 719. The maximum Gasteiger partial charge on any atom is 0.123 e. The predicted molar refractivity (Wildman–Crippen MR) is 76.1 cm³/mol. The number of phenols is 1. The molecule has 0 bridgehead atoms. The van der Waals surface area contributed by atoms with E-state index in [2.05, 4.69) is 0 Å². The molecule has 0 aliphatic heterocycles. The van der Waals surface area contributed by atoms with Crippen LogP contribution in [-0.2, 0) is 0 Å². The molecule has 88 valence electrons. The van der Waals surface area contributed by atoms with Gasteiger partial charge in [-0.3, -0.25) is 0 Å². The molecule has 0 unspecified atom stereocenters. The molecule has 0 spiro atoms. The summed E-state index contributed by atoms with van der Waals surface area (Å²) in [5.41, 5.74) is 2.13. The highest BCUT2D eigenvalue weighted by Gasteiger charge is 2.06. The maximum absolute atomic E-state index is 9.87. The minimum Gasteiger partial charge on any atom is -0.507 e. The standard InChI is InChI=1S/C16H11ClO/c17-12-5-3-4-11(10-12)13-8-9-16(18)15-7-2-1-6-14(13)15/h1-10,18H. The normalized spacial score (nSPS) is 10.7. The molecule has 0 fully saturated rings. The minimum atomic E-state index is 0.302. The molecular weight excluding hydrogens is 244 g/mol. The van der Waals surface area contributed by atoms with E-state index in [1.54, 1.807) is 6.07 Å². The van der Waals surface area contributed by atoms with Crippen molar-refractivity contribution in [3.63, 3.8) is 0 Å². The minimum absolute atomic E-state index is 0.302. The third kappa shape index (κ3) is 1.83. The van der Waals surface area contributed by atoms with Crippen molar-refractivity contribution in [2.45, 2.75) is 0 Å². The van der Waals surface area contributed by atoms with Crippen LogP contribution >= 0.6 is 11.6 Å². The van der Waals surface area contributed by atoms with Crippen molar-refractivity contribution in [3.8, 4) is 16.9 Å². The van der Waals surface area contributed by atoms with Crippen LogP contribution in [0.2, 0.25) is 5.02 Å². The molecule has 2 heteroatoms. The number of benzene rings is 3. The second-order valence-electron chi connectivity index (χ2n) is 4.19. The van der Waals surface area contributed by atoms with Crippen LogP contribution in [-0.4, -0.2) is 5.11 Å². The van der Waals surface area contributed by atoms with E-state index < -0.39 is 0 Å². The highest BCUT2D eigenvalue weighted by molar-refractivity contribution is 6.30. The van der Waals surface area contributed by atoms with Gasteiger partial charge >= 0.3 is 0 Å². The molecular formula is C16H11ClO. The summed E-state index contributed by atoms with van der Waals surface area (Å²) in [6.07, 6.45) is 0. The topological polar surface area (TPSA) is 20.2 Å². The van der Waals surface area contributed by atoms with Crippen molar-refractivity contribution in [1.29, 1.82) is 0 Å². The monoisotopic (exact) mass is 254 g/mol. The number of hydrogen-bond donors (Lipinski definition) is 1. The number of rotatable bonds is 1. The van der Waals surface area contributed by atoms with Gasteiger partial charge in [0.05, 0.1) is 0 Å². The second kappa shape index (κ2) is 4.35. The molecule has 3 aromatic carbocycles. The first-order chi connectivity index (χ1) is 8.75. The summed E-state index contributed by atoms with van der Waals surface area (Å²) in [6.45, 7) is 0. The van der Waals surface area contributed by atoms with Crippen LogP contribution in [0.1, 0.15) is 0 Å². The molecule has 3 aromatic rings. The van der Waals surface area contributed by atoms with E-state index in [9.17, 15) is 5.11 Å². The summed E-state index contributed by atoms with van der Waals surface area (Å²) < 4.78 is 0. The molecule has 0 aliphatic rings. The summed E-state index contributed by atoms with van der Waals surface area (Å²) in [6, 6.07) is 19.2. The van der Waals surface area contributed by atoms with Crippen LogP contribution in [0.4, 0.5) is 0 Å². The fourth-order valence-electron chi connectivity index (χ4n) is 2.19. The summed E-state index contributed by atoms with van der Waals surface area (Å²) in [5, 5.41) is 12.5. The molecule has 0 aliphatic carbocycles. The molecule has 3 rings (SSSR count). The number of halogens is 1. The average molecular weight is 255 g/mol. The lowest BCUT2D eigenvalue weighted by atomic mass is 9.98. The van der Waals surface area contributed by atoms with Gasteiger partial charge in [0, 0.05) is 10.4 Å². The molecule has 0 aromatic heterocycles. The van der Waals surface area contributed by atoms with E-state index in [1.165, 1.54) is 0 Å². The van der Waals surface area contributed by atoms with Crippen molar-refractivity contribution >= 4 is 22.4 Å². The Kier molecular flexibility index (Phi) is 2.69. The van der Waals surface area contributed by atoms with Crippen molar-refractivity contribution < 1.29 is 5.11 Å². The smallest absolute Gasteiger partial charge is 0.123 e. The van der Waals surface area contributed by atoms with Gasteiger partial charge in [0.25, 0.3) is 0 Å². The van der Waals surface area contributed by atoms with Crippen molar-refractivity contribution in [3.05, 3.63) is 65.7 Å². The van der Waals surface area contributed by atoms with Gasteiger partial charge in [-0.2, -0.15) is 0 Å². The van der Waals surface area contributed by atoms with Crippen LogP contribution in [0.25, 0.3) is 21.9 Å². The quantitative estimate of drug-likeness (QED) is 0.657. The third-order valence-corrected chi connectivity index (χ3v) is 3.27. The zero-order valence-corrected chi connectivity index (χ0v) is 10.4. The summed E-state index contributed by atoms with van der Waals surface area (Å²) >= 11 is 6.03. The van der Waals surface area contributed by atoms with Crippen molar-refractivity contribution in [2.24, 2.45) is 0 Å². The zero-order valence-electron chi connectivity index (χ0n) is 9.60. The van der Waals surface area contributed by atoms with Gasteiger partial charge in [-0.05, 0) is 34.7 Å². The van der Waals surface area contributed by atoms with Crippen molar-refractivity contribution in [1.82, 2.24) is 0 Å². The Morgan fingerprint density at radius 1 is 0.778 bits per heavy atom. The van der Waals surface area contributed by atoms with Gasteiger partial charge in [-0.25, -0.2) is 0 Å². The first-order valence-corrected chi connectivity index (χ1v) is 6.10.